The second kappa shape index (κ2) is 6.91. The molecule has 3 rings (SSSR count). The van der Waals surface area contributed by atoms with Gasteiger partial charge in [0.25, 0.3) is 0 Å². The van der Waals surface area contributed by atoms with Crippen LogP contribution in [0, 0.1) is 6.92 Å². The Morgan fingerprint density at radius 2 is 1.86 bits per heavy atom. The van der Waals surface area contributed by atoms with Crippen molar-refractivity contribution in [3.63, 3.8) is 0 Å². The van der Waals surface area contributed by atoms with Crippen molar-refractivity contribution in [1.82, 2.24) is 0 Å². The number of rotatable bonds is 3. The fourth-order valence-electron chi connectivity index (χ4n) is 2.91. The number of hydrogen-bond donors (Lipinski definition) is 3. The minimum Gasteiger partial charge on any atom is -0.508 e. The first-order chi connectivity index (χ1) is 13.1. The third kappa shape index (κ3) is 3.64. The van der Waals surface area contributed by atoms with Crippen LogP contribution in [0.5, 0.6) is 11.5 Å². The number of aromatic hydroxyl groups is 2. The smallest absolute Gasteiger partial charge is 0.418 e. The first kappa shape index (κ1) is 19.3. The number of aryl methyl sites for hydroxylation is 1. The quantitative estimate of drug-likeness (QED) is 0.589. The van der Waals surface area contributed by atoms with Gasteiger partial charge in [-0.2, -0.15) is 13.2 Å². The van der Waals surface area contributed by atoms with E-state index in [0.717, 1.165) is 24.3 Å². The van der Waals surface area contributed by atoms with Crippen molar-refractivity contribution in [3.05, 3.63) is 63.5 Å². The van der Waals surface area contributed by atoms with Gasteiger partial charge in [0.2, 0.25) is 5.91 Å². The molecule has 0 atom stereocenters. The first-order valence-corrected chi connectivity index (χ1v) is 8.02. The van der Waals surface area contributed by atoms with Crippen LogP contribution >= 0.6 is 0 Å². The van der Waals surface area contributed by atoms with Crippen molar-refractivity contribution in [2.75, 3.05) is 5.32 Å². The molecule has 0 saturated heterocycles. The molecule has 0 radical (unpaired) electrons. The van der Waals surface area contributed by atoms with Crippen molar-refractivity contribution >= 4 is 22.6 Å². The topological polar surface area (TPSA) is 99.8 Å². The molecule has 0 aliphatic heterocycles. The monoisotopic (exact) mass is 393 g/mol. The van der Waals surface area contributed by atoms with E-state index in [1.165, 1.54) is 19.1 Å². The van der Waals surface area contributed by atoms with Gasteiger partial charge < -0.3 is 19.9 Å². The fraction of sp³-hybridized carbons (Fsp3) is 0.158. The number of nitrogens with one attached hydrogen (secondary N) is 1. The number of hydrogen-bond acceptors (Lipinski definition) is 5. The second-order valence-electron chi connectivity index (χ2n) is 6.10. The Balaban J connectivity index is 1.96. The highest BCUT2D eigenvalue weighted by molar-refractivity contribution is 5.95. The molecule has 0 aliphatic carbocycles. The van der Waals surface area contributed by atoms with Gasteiger partial charge >= 0.3 is 11.8 Å². The summed E-state index contributed by atoms with van der Waals surface area (Å²) in [6, 6.07) is 6.64. The number of phenolic OH excluding ortho intramolecular Hbond substituents is 2. The van der Waals surface area contributed by atoms with Crippen molar-refractivity contribution in [2.45, 2.75) is 19.5 Å². The Labute approximate surface area is 155 Å². The summed E-state index contributed by atoms with van der Waals surface area (Å²) in [5.41, 5.74) is -2.31. The molecule has 0 bridgehead atoms. The highest BCUT2D eigenvalue weighted by atomic mass is 19.4. The number of carbonyl (C=O) groups excluding carboxylic acids is 1. The summed E-state index contributed by atoms with van der Waals surface area (Å²) in [5.74, 6) is -1.54. The van der Waals surface area contributed by atoms with E-state index in [4.69, 9.17) is 4.42 Å². The van der Waals surface area contributed by atoms with E-state index in [0.29, 0.717) is 0 Å². The molecule has 0 spiro atoms. The molecule has 146 valence electrons. The molecule has 6 nitrogen and oxygen atoms in total. The van der Waals surface area contributed by atoms with Crippen LogP contribution in [0.15, 0.2) is 45.6 Å². The maximum atomic E-state index is 13.0. The molecule has 1 amide bonds. The number of halogens is 3. The van der Waals surface area contributed by atoms with Crippen LogP contribution in [0.1, 0.15) is 16.7 Å². The zero-order valence-electron chi connectivity index (χ0n) is 14.4. The van der Waals surface area contributed by atoms with Gasteiger partial charge in [0.1, 0.15) is 17.1 Å². The molecule has 3 aromatic rings. The van der Waals surface area contributed by atoms with Gasteiger partial charge in [0, 0.05) is 12.1 Å². The van der Waals surface area contributed by atoms with E-state index in [1.807, 2.05) is 0 Å². The minimum atomic E-state index is -4.66. The number of para-hydroxylation sites is 1. The third-order valence-electron chi connectivity index (χ3n) is 4.19. The Morgan fingerprint density at radius 3 is 2.54 bits per heavy atom. The maximum absolute atomic E-state index is 13.0. The first-order valence-electron chi connectivity index (χ1n) is 8.02. The van der Waals surface area contributed by atoms with E-state index in [1.54, 1.807) is 0 Å². The average molecular weight is 393 g/mol. The molecular formula is C19H14F3NO5. The number of fused-ring (bicyclic) bond motifs is 1. The van der Waals surface area contributed by atoms with Crippen LogP contribution < -0.4 is 10.9 Å². The summed E-state index contributed by atoms with van der Waals surface area (Å²) < 4.78 is 44.2. The zero-order valence-corrected chi connectivity index (χ0v) is 14.4. The molecule has 0 fully saturated rings. The maximum Gasteiger partial charge on any atom is 0.418 e. The van der Waals surface area contributed by atoms with Gasteiger partial charge in [0.15, 0.2) is 0 Å². The number of amides is 1. The van der Waals surface area contributed by atoms with Crippen molar-refractivity contribution in [3.8, 4) is 11.5 Å². The van der Waals surface area contributed by atoms with Gasteiger partial charge in [-0.25, -0.2) is 4.79 Å². The van der Waals surface area contributed by atoms with Crippen LogP contribution in [0.4, 0.5) is 18.9 Å². The summed E-state index contributed by atoms with van der Waals surface area (Å²) in [5, 5.41) is 21.8. The molecule has 0 unspecified atom stereocenters. The predicted molar refractivity (Wildman–Crippen MR) is 94.3 cm³/mol. The predicted octanol–water partition coefficient (Wildman–Crippen LogP) is 3.71. The lowest BCUT2D eigenvalue weighted by Crippen LogP contribution is -2.22. The molecular weight excluding hydrogens is 379 g/mol. The van der Waals surface area contributed by atoms with E-state index >= 15 is 0 Å². The van der Waals surface area contributed by atoms with Crippen LogP contribution in [0.3, 0.4) is 0 Å². The SMILES string of the molecule is Cc1c(CC(=O)Nc2ccccc2C(F)(F)F)c(=O)oc2cc(O)cc(O)c12. The zero-order chi connectivity index (χ0) is 20.6. The molecule has 1 aromatic heterocycles. The van der Waals surface area contributed by atoms with Gasteiger partial charge in [-0.05, 0) is 24.6 Å². The molecule has 1 heterocycles. The van der Waals surface area contributed by atoms with E-state index in [9.17, 15) is 33.0 Å². The summed E-state index contributed by atoms with van der Waals surface area (Å²) in [6.07, 6.45) is -5.22. The Kier molecular flexibility index (Phi) is 4.76. The molecule has 9 heteroatoms. The number of anilines is 1. The van der Waals surface area contributed by atoms with Crippen LogP contribution in [0.2, 0.25) is 0 Å². The Morgan fingerprint density at radius 1 is 1.18 bits per heavy atom. The molecule has 3 N–H and O–H groups in total. The normalized spacial score (nSPS) is 11.6. The van der Waals surface area contributed by atoms with Crippen molar-refractivity contribution < 1.29 is 32.6 Å². The Bertz CT molecular complexity index is 1130. The van der Waals surface area contributed by atoms with Gasteiger partial charge in [0.05, 0.1) is 28.6 Å². The molecule has 0 saturated carbocycles. The van der Waals surface area contributed by atoms with Gasteiger partial charge in [-0.1, -0.05) is 12.1 Å². The summed E-state index contributed by atoms with van der Waals surface area (Å²) in [4.78, 5) is 24.5. The molecule has 2 aromatic carbocycles. The van der Waals surface area contributed by atoms with Gasteiger partial charge in [-0.3, -0.25) is 4.79 Å². The highest BCUT2D eigenvalue weighted by Crippen LogP contribution is 2.35. The largest absolute Gasteiger partial charge is 0.508 e. The lowest BCUT2D eigenvalue weighted by molar-refractivity contribution is -0.137. The second-order valence-corrected chi connectivity index (χ2v) is 6.10. The number of phenols is 2. The van der Waals surface area contributed by atoms with Crippen molar-refractivity contribution in [1.29, 1.82) is 0 Å². The van der Waals surface area contributed by atoms with Crippen molar-refractivity contribution in [2.24, 2.45) is 0 Å². The summed E-state index contributed by atoms with van der Waals surface area (Å²) in [6.45, 7) is 1.46. The highest BCUT2D eigenvalue weighted by Gasteiger charge is 2.33. The van der Waals surface area contributed by atoms with E-state index < -0.39 is 35.4 Å². The third-order valence-corrected chi connectivity index (χ3v) is 4.19. The van der Waals surface area contributed by atoms with Crippen LogP contribution in [-0.2, 0) is 17.4 Å². The molecule has 0 aliphatic rings. The summed E-state index contributed by atoms with van der Waals surface area (Å²) in [7, 11) is 0. The summed E-state index contributed by atoms with van der Waals surface area (Å²) >= 11 is 0. The van der Waals surface area contributed by atoms with E-state index in [2.05, 4.69) is 5.32 Å². The Hall–Kier alpha value is -3.49. The van der Waals surface area contributed by atoms with Crippen LogP contribution in [0.25, 0.3) is 11.0 Å². The van der Waals surface area contributed by atoms with Crippen LogP contribution in [-0.4, -0.2) is 16.1 Å². The van der Waals surface area contributed by atoms with E-state index in [-0.39, 0.29) is 33.6 Å². The minimum absolute atomic E-state index is 0.0772. The average Bonchev–Trinajstić information content (AvgIpc) is 2.57. The molecule has 28 heavy (non-hydrogen) atoms. The lowest BCUT2D eigenvalue weighted by Gasteiger charge is -2.14. The lowest BCUT2D eigenvalue weighted by atomic mass is 10.0. The number of carbonyl (C=O) groups is 1. The number of benzene rings is 2. The van der Waals surface area contributed by atoms with Gasteiger partial charge in [-0.15, -0.1) is 0 Å². The number of alkyl halides is 3. The standard InChI is InChI=1S/C19H14F3NO5/c1-9-11(18(27)28-15-7-10(24)6-14(25)17(9)15)8-16(26)23-13-5-3-2-4-12(13)19(20,21)22/h2-7,24-25H,8H2,1H3,(H,23,26). The fourth-order valence-corrected chi connectivity index (χ4v) is 2.91.